The van der Waals surface area contributed by atoms with Crippen LogP contribution in [0.5, 0.6) is 0 Å². The van der Waals surface area contributed by atoms with Crippen molar-refractivity contribution in [1.82, 2.24) is 9.97 Å². The lowest BCUT2D eigenvalue weighted by Crippen LogP contribution is -2.07. The maximum Gasteiger partial charge on any atom is 0.251 e. The number of ketones is 1. The number of hydrogen-bond acceptors (Lipinski definition) is 4. The third kappa shape index (κ3) is 2.23. The summed E-state index contributed by atoms with van der Waals surface area (Å²) in [6.07, 6.45) is 3.64. The lowest BCUT2D eigenvalue weighted by atomic mass is 10.4. The molecule has 0 spiro atoms. The van der Waals surface area contributed by atoms with Crippen LogP contribution in [0.4, 0.5) is 0 Å². The molecule has 1 atom stereocenters. The van der Waals surface area contributed by atoms with Crippen LogP contribution in [0.2, 0.25) is 0 Å². The van der Waals surface area contributed by atoms with Crippen molar-refractivity contribution in [2.45, 2.75) is 29.7 Å². The summed E-state index contributed by atoms with van der Waals surface area (Å²) < 4.78 is 0. The summed E-state index contributed by atoms with van der Waals surface area (Å²) in [5, 5.41) is 0.894. The van der Waals surface area contributed by atoms with Crippen LogP contribution >= 0.6 is 11.8 Å². The van der Waals surface area contributed by atoms with Gasteiger partial charge in [-0.2, -0.15) is 0 Å². The molecule has 5 heteroatoms. The van der Waals surface area contributed by atoms with Gasteiger partial charge in [0.1, 0.15) is 5.78 Å². The minimum absolute atomic E-state index is 0.146. The minimum atomic E-state index is -0.146. The molecule has 1 heterocycles. The first kappa shape index (κ1) is 9.45. The zero-order valence-electron chi connectivity index (χ0n) is 7.53. The van der Waals surface area contributed by atoms with Crippen molar-refractivity contribution in [1.29, 1.82) is 0 Å². The van der Waals surface area contributed by atoms with Crippen molar-refractivity contribution in [2.75, 3.05) is 0 Å². The van der Waals surface area contributed by atoms with E-state index in [4.69, 9.17) is 0 Å². The molecule has 0 bridgehead atoms. The second-order valence-corrected chi connectivity index (χ2v) is 4.55. The number of hydrogen-bond donors (Lipinski definition) is 1. The first-order valence-corrected chi connectivity index (χ1v) is 5.36. The minimum Gasteiger partial charge on any atom is -0.301 e. The summed E-state index contributed by atoms with van der Waals surface area (Å²) in [6.45, 7) is 0. The third-order valence-electron chi connectivity index (χ3n) is 2.13. The Bertz CT molecular complexity index is 402. The lowest BCUT2D eigenvalue weighted by molar-refractivity contribution is -0.117. The number of rotatable bonds is 2. The van der Waals surface area contributed by atoms with Gasteiger partial charge in [0.2, 0.25) is 0 Å². The molecular weight excluding hydrogens is 200 g/mol. The van der Waals surface area contributed by atoms with E-state index < -0.39 is 0 Å². The number of H-pyrrole nitrogens is 1. The fraction of sp³-hybridized carbons (Fsp3) is 0.444. The summed E-state index contributed by atoms with van der Waals surface area (Å²) in [5.74, 6) is 0.306. The Morgan fingerprint density at radius 2 is 2.36 bits per heavy atom. The van der Waals surface area contributed by atoms with E-state index in [1.54, 1.807) is 0 Å². The van der Waals surface area contributed by atoms with E-state index in [0.717, 1.165) is 6.42 Å². The number of Topliss-reactive ketones (excluding diaryl/α,β-unsaturated/α-hetero) is 1. The Hall–Kier alpha value is -1.10. The molecule has 1 aliphatic rings. The zero-order chi connectivity index (χ0) is 9.97. The SMILES string of the molecule is O=C1CCC(Sc2nccc(=O)[nH]2)C1. The number of aromatic nitrogens is 2. The maximum atomic E-state index is 11.0. The molecule has 1 unspecified atom stereocenters. The van der Waals surface area contributed by atoms with Crippen molar-refractivity contribution in [3.8, 4) is 0 Å². The van der Waals surface area contributed by atoms with Crippen LogP contribution in [0.3, 0.4) is 0 Å². The van der Waals surface area contributed by atoms with Crippen LogP contribution in [-0.4, -0.2) is 21.0 Å². The predicted octanol–water partition coefficient (Wildman–Crippen LogP) is 0.984. The van der Waals surface area contributed by atoms with Gasteiger partial charge in [0.25, 0.3) is 5.56 Å². The Balaban J connectivity index is 2.04. The van der Waals surface area contributed by atoms with Gasteiger partial charge in [0.05, 0.1) is 0 Å². The average molecular weight is 210 g/mol. The fourth-order valence-corrected chi connectivity index (χ4v) is 2.55. The Morgan fingerprint density at radius 3 is 3.00 bits per heavy atom. The second-order valence-electron chi connectivity index (χ2n) is 3.26. The molecule has 14 heavy (non-hydrogen) atoms. The van der Waals surface area contributed by atoms with E-state index in [1.807, 2.05) is 0 Å². The van der Waals surface area contributed by atoms with E-state index >= 15 is 0 Å². The van der Waals surface area contributed by atoms with Gasteiger partial charge in [-0.25, -0.2) is 4.98 Å². The van der Waals surface area contributed by atoms with Gasteiger partial charge in [0, 0.05) is 30.4 Å². The Labute approximate surface area is 85.1 Å². The summed E-state index contributed by atoms with van der Waals surface area (Å²) in [7, 11) is 0. The highest BCUT2D eigenvalue weighted by molar-refractivity contribution is 7.99. The first-order valence-electron chi connectivity index (χ1n) is 4.48. The van der Waals surface area contributed by atoms with Crippen LogP contribution in [0, 0.1) is 0 Å². The molecule has 0 radical (unpaired) electrons. The normalized spacial score (nSPS) is 21.4. The number of aromatic amines is 1. The van der Waals surface area contributed by atoms with E-state index in [0.29, 0.717) is 23.8 Å². The standard InChI is InChI=1S/C9H10N2O2S/c12-6-1-2-7(5-6)14-9-10-4-3-8(13)11-9/h3-4,7H,1-2,5H2,(H,10,11,13). The molecule has 1 aromatic heterocycles. The first-order chi connectivity index (χ1) is 6.74. The van der Waals surface area contributed by atoms with E-state index in [-0.39, 0.29) is 10.8 Å². The van der Waals surface area contributed by atoms with Gasteiger partial charge in [-0.3, -0.25) is 9.59 Å². The van der Waals surface area contributed by atoms with E-state index in [9.17, 15) is 9.59 Å². The van der Waals surface area contributed by atoms with Gasteiger partial charge in [-0.1, -0.05) is 11.8 Å². The second kappa shape index (κ2) is 3.96. The number of thioether (sulfide) groups is 1. The van der Waals surface area contributed by atoms with Crippen LogP contribution in [-0.2, 0) is 4.79 Å². The molecule has 4 nitrogen and oxygen atoms in total. The Morgan fingerprint density at radius 1 is 1.50 bits per heavy atom. The molecule has 1 aliphatic carbocycles. The summed E-state index contributed by atoms with van der Waals surface area (Å²) in [5.41, 5.74) is -0.146. The fourth-order valence-electron chi connectivity index (χ4n) is 1.45. The summed E-state index contributed by atoms with van der Waals surface area (Å²) in [6, 6.07) is 1.38. The van der Waals surface area contributed by atoms with Crippen molar-refractivity contribution >= 4 is 17.5 Å². The Kier molecular flexibility index (Phi) is 2.67. The molecule has 74 valence electrons. The molecule has 0 saturated heterocycles. The number of nitrogens with zero attached hydrogens (tertiary/aromatic N) is 1. The topological polar surface area (TPSA) is 62.8 Å². The lowest BCUT2D eigenvalue weighted by Gasteiger charge is -2.05. The van der Waals surface area contributed by atoms with Gasteiger partial charge in [-0.15, -0.1) is 0 Å². The van der Waals surface area contributed by atoms with Gasteiger partial charge >= 0.3 is 0 Å². The highest BCUT2D eigenvalue weighted by Crippen LogP contribution is 2.30. The molecule has 1 N–H and O–H groups in total. The summed E-state index contributed by atoms with van der Waals surface area (Å²) in [4.78, 5) is 28.6. The predicted molar refractivity (Wildman–Crippen MR) is 53.4 cm³/mol. The highest BCUT2D eigenvalue weighted by Gasteiger charge is 2.23. The highest BCUT2D eigenvalue weighted by atomic mass is 32.2. The van der Waals surface area contributed by atoms with Crippen molar-refractivity contribution < 1.29 is 4.79 Å². The van der Waals surface area contributed by atoms with Crippen molar-refractivity contribution in [2.24, 2.45) is 0 Å². The zero-order valence-corrected chi connectivity index (χ0v) is 8.34. The maximum absolute atomic E-state index is 11.0. The third-order valence-corrected chi connectivity index (χ3v) is 3.29. The molecule has 1 saturated carbocycles. The largest absolute Gasteiger partial charge is 0.301 e. The molecule has 1 aromatic rings. The van der Waals surface area contributed by atoms with Crippen LogP contribution in [0.1, 0.15) is 19.3 Å². The van der Waals surface area contributed by atoms with Gasteiger partial charge < -0.3 is 4.98 Å². The van der Waals surface area contributed by atoms with Gasteiger partial charge in [0.15, 0.2) is 5.16 Å². The number of carbonyl (C=O) groups is 1. The average Bonchev–Trinajstić information content (AvgIpc) is 2.51. The number of nitrogens with one attached hydrogen (secondary N) is 1. The van der Waals surface area contributed by atoms with Crippen molar-refractivity contribution in [3.05, 3.63) is 22.6 Å². The summed E-state index contributed by atoms with van der Waals surface area (Å²) >= 11 is 1.48. The van der Waals surface area contributed by atoms with Crippen molar-refractivity contribution in [3.63, 3.8) is 0 Å². The van der Waals surface area contributed by atoms with Crippen LogP contribution in [0.15, 0.2) is 22.2 Å². The number of carbonyl (C=O) groups excluding carboxylic acids is 1. The molecule has 0 amide bonds. The molecule has 0 aromatic carbocycles. The molecule has 0 aliphatic heterocycles. The van der Waals surface area contributed by atoms with Crippen LogP contribution in [0.25, 0.3) is 0 Å². The molecule has 1 fully saturated rings. The van der Waals surface area contributed by atoms with Gasteiger partial charge in [-0.05, 0) is 6.42 Å². The molecule has 2 rings (SSSR count). The van der Waals surface area contributed by atoms with Crippen LogP contribution < -0.4 is 5.56 Å². The van der Waals surface area contributed by atoms with E-state index in [1.165, 1.54) is 24.0 Å². The molecular formula is C9H10N2O2S. The smallest absolute Gasteiger partial charge is 0.251 e. The monoisotopic (exact) mass is 210 g/mol. The van der Waals surface area contributed by atoms with E-state index in [2.05, 4.69) is 9.97 Å². The quantitative estimate of drug-likeness (QED) is 0.739.